The minimum atomic E-state index is -4.38. The number of likely N-dealkylation sites (tertiary alicyclic amines) is 1. The molecule has 2 amide bonds. The molecule has 1 aromatic rings. The summed E-state index contributed by atoms with van der Waals surface area (Å²) in [7, 11) is 0. The number of amides is 2. The molecule has 0 radical (unpaired) electrons. The fraction of sp³-hybridized carbons (Fsp3) is 0.636. The van der Waals surface area contributed by atoms with Gasteiger partial charge in [-0.1, -0.05) is 25.0 Å². The summed E-state index contributed by atoms with van der Waals surface area (Å²) < 4.78 is 39.9. The Morgan fingerprint density at radius 1 is 0.867 bits per heavy atom. The number of hydrogen-bond acceptors (Lipinski definition) is 4. The smallest absolute Gasteiger partial charge is 0.368 e. The molecule has 30 heavy (non-hydrogen) atoms. The van der Waals surface area contributed by atoms with Crippen molar-refractivity contribution in [3.05, 3.63) is 29.8 Å². The lowest BCUT2D eigenvalue weighted by molar-refractivity contribution is -0.153. The number of hydrogen-bond donors (Lipinski definition) is 0. The zero-order valence-electron chi connectivity index (χ0n) is 17.1. The minimum absolute atomic E-state index is 0.0640. The summed E-state index contributed by atoms with van der Waals surface area (Å²) in [6.07, 6.45) is 0.713. The Kier molecular flexibility index (Phi) is 5.79. The van der Waals surface area contributed by atoms with Gasteiger partial charge in [0, 0.05) is 57.8 Å². The molecule has 8 heteroatoms. The van der Waals surface area contributed by atoms with Crippen LogP contribution in [-0.2, 0) is 15.8 Å². The van der Waals surface area contributed by atoms with Gasteiger partial charge in [0.2, 0.25) is 11.8 Å². The number of halogens is 3. The molecule has 1 saturated carbocycles. The molecule has 3 aliphatic rings. The molecule has 2 heterocycles. The van der Waals surface area contributed by atoms with E-state index in [-0.39, 0.29) is 22.9 Å². The third-order valence-electron chi connectivity index (χ3n) is 6.88. The molecule has 0 N–H and O–H groups in total. The van der Waals surface area contributed by atoms with E-state index in [1.165, 1.54) is 17.0 Å². The van der Waals surface area contributed by atoms with E-state index in [0.717, 1.165) is 31.7 Å². The number of alkyl halides is 3. The van der Waals surface area contributed by atoms with Crippen LogP contribution in [0.25, 0.3) is 0 Å². The normalized spacial score (nSPS) is 22.9. The maximum atomic E-state index is 13.3. The number of piperazine rings is 1. The van der Waals surface area contributed by atoms with Crippen LogP contribution in [-0.4, -0.2) is 60.9 Å². The molecule has 0 aromatic heterocycles. The van der Waals surface area contributed by atoms with Crippen LogP contribution in [0.15, 0.2) is 24.3 Å². The van der Waals surface area contributed by atoms with E-state index in [1.54, 1.807) is 11.0 Å². The lowest BCUT2D eigenvalue weighted by atomic mass is 9.76. The molecular weight excluding hydrogens is 395 g/mol. The zero-order valence-corrected chi connectivity index (χ0v) is 17.1. The van der Waals surface area contributed by atoms with Crippen molar-refractivity contribution in [2.45, 2.75) is 44.7 Å². The first-order chi connectivity index (χ1) is 14.3. The number of piperidine rings is 1. The molecule has 1 aliphatic carbocycles. The predicted octanol–water partition coefficient (Wildman–Crippen LogP) is 3.54. The van der Waals surface area contributed by atoms with Crippen molar-refractivity contribution in [2.24, 2.45) is 5.41 Å². The Labute approximate surface area is 174 Å². The molecule has 0 bridgehead atoms. The summed E-state index contributed by atoms with van der Waals surface area (Å²) in [6, 6.07) is 5.67. The van der Waals surface area contributed by atoms with Crippen molar-refractivity contribution in [3.63, 3.8) is 0 Å². The van der Waals surface area contributed by atoms with Gasteiger partial charge in [0.15, 0.2) is 0 Å². The minimum Gasteiger partial charge on any atom is -0.368 e. The van der Waals surface area contributed by atoms with Crippen molar-refractivity contribution >= 4 is 17.5 Å². The number of anilines is 1. The van der Waals surface area contributed by atoms with Gasteiger partial charge in [-0.05, 0) is 30.4 Å². The fourth-order valence-corrected chi connectivity index (χ4v) is 5.20. The first-order valence-electron chi connectivity index (χ1n) is 10.7. The third-order valence-corrected chi connectivity index (χ3v) is 6.88. The highest BCUT2D eigenvalue weighted by Gasteiger charge is 2.45. The summed E-state index contributed by atoms with van der Waals surface area (Å²) in [5, 5.41) is 0. The van der Waals surface area contributed by atoms with E-state index in [4.69, 9.17) is 0 Å². The van der Waals surface area contributed by atoms with E-state index in [9.17, 15) is 22.8 Å². The van der Waals surface area contributed by atoms with Crippen LogP contribution in [0.5, 0.6) is 0 Å². The van der Waals surface area contributed by atoms with Crippen LogP contribution >= 0.6 is 0 Å². The Bertz CT molecular complexity index is 777. The maximum Gasteiger partial charge on any atom is 0.418 e. The molecule has 1 aromatic carbocycles. The molecule has 2 aliphatic heterocycles. The number of carbonyl (C=O) groups is 2. The van der Waals surface area contributed by atoms with E-state index in [2.05, 4.69) is 4.90 Å². The molecule has 2 saturated heterocycles. The second-order valence-corrected chi connectivity index (χ2v) is 8.84. The first-order valence-corrected chi connectivity index (χ1v) is 10.7. The van der Waals surface area contributed by atoms with Gasteiger partial charge in [0.05, 0.1) is 5.56 Å². The Balaban J connectivity index is 1.30. The maximum absolute atomic E-state index is 13.3. The van der Waals surface area contributed by atoms with Crippen LogP contribution in [0, 0.1) is 5.41 Å². The molecular formula is C22H28F3N3O2. The van der Waals surface area contributed by atoms with Crippen LogP contribution in [0.4, 0.5) is 18.9 Å². The third kappa shape index (κ3) is 4.33. The summed E-state index contributed by atoms with van der Waals surface area (Å²) in [4.78, 5) is 30.4. The van der Waals surface area contributed by atoms with E-state index >= 15 is 0 Å². The summed E-state index contributed by atoms with van der Waals surface area (Å²) in [6.45, 7) is 3.11. The quantitative estimate of drug-likeness (QED) is 0.695. The Morgan fingerprint density at radius 3 is 2.07 bits per heavy atom. The van der Waals surface area contributed by atoms with Crippen LogP contribution in [0.2, 0.25) is 0 Å². The van der Waals surface area contributed by atoms with Gasteiger partial charge in [0.1, 0.15) is 0 Å². The highest BCUT2D eigenvalue weighted by atomic mass is 19.4. The first kappa shape index (κ1) is 21.2. The highest BCUT2D eigenvalue weighted by Crippen LogP contribution is 2.46. The lowest BCUT2D eigenvalue weighted by Gasteiger charge is -2.40. The van der Waals surface area contributed by atoms with Crippen molar-refractivity contribution < 1.29 is 22.8 Å². The number of para-hydroxylation sites is 1. The summed E-state index contributed by atoms with van der Waals surface area (Å²) >= 11 is 0. The Morgan fingerprint density at radius 2 is 1.47 bits per heavy atom. The average molecular weight is 423 g/mol. The van der Waals surface area contributed by atoms with Gasteiger partial charge in [-0.15, -0.1) is 0 Å². The predicted molar refractivity (Wildman–Crippen MR) is 107 cm³/mol. The van der Waals surface area contributed by atoms with Crippen LogP contribution in [0.3, 0.4) is 0 Å². The van der Waals surface area contributed by atoms with E-state index in [0.29, 0.717) is 52.1 Å². The van der Waals surface area contributed by atoms with Crippen molar-refractivity contribution in [1.29, 1.82) is 0 Å². The van der Waals surface area contributed by atoms with E-state index in [1.807, 2.05) is 0 Å². The second kappa shape index (κ2) is 8.21. The largest absolute Gasteiger partial charge is 0.418 e. The average Bonchev–Trinajstić information content (AvgIpc) is 3.14. The van der Waals surface area contributed by atoms with Crippen molar-refractivity contribution in [3.8, 4) is 0 Å². The lowest BCUT2D eigenvalue weighted by Crippen LogP contribution is -2.52. The van der Waals surface area contributed by atoms with Gasteiger partial charge in [-0.25, -0.2) is 0 Å². The zero-order chi connectivity index (χ0) is 21.4. The van der Waals surface area contributed by atoms with Gasteiger partial charge in [0.25, 0.3) is 0 Å². The van der Waals surface area contributed by atoms with E-state index < -0.39 is 11.7 Å². The number of rotatable bonds is 4. The van der Waals surface area contributed by atoms with Crippen molar-refractivity contribution in [1.82, 2.24) is 9.80 Å². The highest BCUT2D eigenvalue weighted by molar-refractivity contribution is 5.98. The number of benzene rings is 1. The van der Waals surface area contributed by atoms with Crippen LogP contribution < -0.4 is 4.90 Å². The molecule has 1 spiro atoms. The van der Waals surface area contributed by atoms with Crippen LogP contribution in [0.1, 0.15) is 44.1 Å². The topological polar surface area (TPSA) is 43.9 Å². The number of carbonyl (C=O) groups excluding carboxylic acids is 2. The van der Waals surface area contributed by atoms with Crippen molar-refractivity contribution in [2.75, 3.05) is 44.2 Å². The fourth-order valence-electron chi connectivity index (χ4n) is 5.20. The van der Waals surface area contributed by atoms with Gasteiger partial charge in [-0.2, -0.15) is 13.2 Å². The molecule has 5 nitrogen and oxygen atoms in total. The summed E-state index contributed by atoms with van der Waals surface area (Å²) in [5.41, 5.74) is -0.487. The van der Waals surface area contributed by atoms with Gasteiger partial charge in [-0.3, -0.25) is 19.4 Å². The van der Waals surface area contributed by atoms with Gasteiger partial charge >= 0.3 is 6.18 Å². The number of imide groups is 1. The monoisotopic (exact) mass is 423 g/mol. The Hall–Kier alpha value is -2.09. The molecule has 0 atom stereocenters. The number of nitrogens with zero attached hydrogens (tertiary/aromatic N) is 3. The molecule has 164 valence electrons. The SMILES string of the molecule is O=C1CC2(CCCC2)CC(=O)N1CCN1CCN(c2ccccc2C(F)(F)F)CC1. The molecule has 4 rings (SSSR count). The summed E-state index contributed by atoms with van der Waals surface area (Å²) in [5.74, 6) is -0.128. The second-order valence-electron chi connectivity index (χ2n) is 8.84. The van der Waals surface area contributed by atoms with Gasteiger partial charge < -0.3 is 4.90 Å². The molecule has 3 fully saturated rings. The molecule has 0 unspecified atom stereocenters. The standard InChI is InChI=1S/C22H28F3N3O2/c23-22(24,25)17-5-1-2-6-18(17)27-12-9-26(10-13-27)11-14-28-19(29)15-21(16-20(28)30)7-3-4-8-21/h1-2,5-6H,3-4,7-16H2.